The second kappa shape index (κ2) is 6.79. The molecule has 0 spiro atoms. The summed E-state index contributed by atoms with van der Waals surface area (Å²) >= 11 is 1.55. The fraction of sp³-hybridized carbons (Fsp3) is 0.250. The predicted molar refractivity (Wildman–Crippen MR) is 109 cm³/mol. The van der Waals surface area contributed by atoms with Crippen LogP contribution in [0.25, 0.3) is 16.3 Å². The molecule has 4 aromatic rings. The zero-order valence-corrected chi connectivity index (χ0v) is 16.4. The molecule has 0 aliphatic carbocycles. The maximum Gasteiger partial charge on any atom is 0.234 e. The number of aromatic nitrogens is 4. The van der Waals surface area contributed by atoms with Crippen LogP contribution in [0.3, 0.4) is 0 Å². The number of hydrogen-bond acceptors (Lipinski definition) is 7. The number of nitrogens with zero attached hydrogens (tertiary/aromatic N) is 5. The molecule has 28 heavy (non-hydrogen) atoms. The van der Waals surface area contributed by atoms with Gasteiger partial charge in [-0.25, -0.2) is 0 Å². The van der Waals surface area contributed by atoms with Crippen LogP contribution >= 0.6 is 11.3 Å². The standard InChI is InChI=1S/C20H19N5O2S/c1-24(2)15-6-4-14(5-7-15)19-21-22-20-25(19)23-18(28-20)12-13-3-8-16-17(11-13)27-10-9-26-16/h3-8,11H,9-10,12H2,1-2H3. The first-order chi connectivity index (χ1) is 13.7. The maximum absolute atomic E-state index is 5.68. The zero-order chi connectivity index (χ0) is 19.1. The molecule has 0 amide bonds. The van der Waals surface area contributed by atoms with Crippen molar-refractivity contribution in [3.63, 3.8) is 0 Å². The Balaban J connectivity index is 1.43. The summed E-state index contributed by atoms with van der Waals surface area (Å²) in [6.45, 7) is 1.19. The van der Waals surface area contributed by atoms with E-state index in [1.165, 1.54) is 0 Å². The van der Waals surface area contributed by atoms with E-state index in [4.69, 9.17) is 14.6 Å². The van der Waals surface area contributed by atoms with Crippen LogP contribution in [0, 0.1) is 0 Å². The van der Waals surface area contributed by atoms with E-state index in [0.29, 0.717) is 19.6 Å². The second-order valence-electron chi connectivity index (χ2n) is 6.81. The van der Waals surface area contributed by atoms with Crippen molar-refractivity contribution < 1.29 is 9.47 Å². The Hall–Kier alpha value is -3.13. The Bertz CT molecular complexity index is 1130. The third kappa shape index (κ3) is 3.05. The monoisotopic (exact) mass is 393 g/mol. The summed E-state index contributed by atoms with van der Waals surface area (Å²) in [5.74, 6) is 2.36. The largest absolute Gasteiger partial charge is 0.486 e. The van der Waals surface area contributed by atoms with Crippen molar-refractivity contribution >= 4 is 22.0 Å². The van der Waals surface area contributed by atoms with Crippen molar-refractivity contribution in [2.75, 3.05) is 32.2 Å². The lowest BCUT2D eigenvalue weighted by atomic mass is 10.1. The Morgan fingerprint density at radius 3 is 2.57 bits per heavy atom. The molecule has 0 unspecified atom stereocenters. The Kier molecular flexibility index (Phi) is 4.12. The van der Waals surface area contributed by atoms with Gasteiger partial charge in [-0.05, 0) is 42.0 Å². The molecule has 2 aromatic carbocycles. The highest BCUT2D eigenvalue weighted by molar-refractivity contribution is 7.16. The van der Waals surface area contributed by atoms with E-state index in [9.17, 15) is 0 Å². The number of ether oxygens (including phenoxy) is 2. The van der Waals surface area contributed by atoms with Gasteiger partial charge in [-0.2, -0.15) is 9.61 Å². The highest BCUT2D eigenvalue weighted by atomic mass is 32.1. The molecule has 0 saturated heterocycles. The van der Waals surface area contributed by atoms with E-state index in [1.807, 2.05) is 42.9 Å². The Labute approximate surface area is 166 Å². The van der Waals surface area contributed by atoms with Gasteiger partial charge in [0.15, 0.2) is 17.3 Å². The first-order valence-corrected chi connectivity index (χ1v) is 9.86. The van der Waals surface area contributed by atoms with Crippen molar-refractivity contribution in [2.24, 2.45) is 0 Å². The molecule has 0 fully saturated rings. The van der Waals surface area contributed by atoms with Gasteiger partial charge in [0.05, 0.1) is 0 Å². The minimum atomic E-state index is 0.586. The summed E-state index contributed by atoms with van der Waals surface area (Å²) < 4.78 is 13.1. The molecule has 1 aliphatic rings. The summed E-state index contributed by atoms with van der Waals surface area (Å²) in [6, 6.07) is 14.3. The van der Waals surface area contributed by atoms with E-state index in [1.54, 1.807) is 11.3 Å². The molecular formula is C20H19N5O2S. The minimum Gasteiger partial charge on any atom is -0.486 e. The highest BCUT2D eigenvalue weighted by Crippen LogP contribution is 2.32. The lowest BCUT2D eigenvalue weighted by molar-refractivity contribution is 0.171. The first kappa shape index (κ1) is 17.0. The quantitative estimate of drug-likeness (QED) is 0.530. The van der Waals surface area contributed by atoms with Gasteiger partial charge in [-0.3, -0.25) is 0 Å². The van der Waals surface area contributed by atoms with Crippen LogP contribution in [-0.2, 0) is 6.42 Å². The number of benzene rings is 2. The average molecular weight is 393 g/mol. The van der Waals surface area contributed by atoms with E-state index in [-0.39, 0.29) is 0 Å². The molecule has 2 aromatic heterocycles. The number of hydrogen-bond donors (Lipinski definition) is 0. The number of fused-ring (bicyclic) bond motifs is 2. The van der Waals surface area contributed by atoms with Gasteiger partial charge in [0, 0.05) is 31.8 Å². The molecule has 3 heterocycles. The van der Waals surface area contributed by atoms with E-state index in [0.717, 1.165) is 44.1 Å². The van der Waals surface area contributed by atoms with Gasteiger partial charge in [0.1, 0.15) is 18.2 Å². The number of anilines is 1. The van der Waals surface area contributed by atoms with Crippen LogP contribution in [0.2, 0.25) is 0 Å². The van der Waals surface area contributed by atoms with Crippen LogP contribution in [0.5, 0.6) is 11.5 Å². The van der Waals surface area contributed by atoms with Gasteiger partial charge in [-0.15, -0.1) is 10.2 Å². The normalized spacial score (nSPS) is 13.1. The predicted octanol–water partition coefficient (Wildman–Crippen LogP) is 3.28. The van der Waals surface area contributed by atoms with Crippen LogP contribution in [-0.4, -0.2) is 47.1 Å². The van der Waals surface area contributed by atoms with Crippen LogP contribution in [0.4, 0.5) is 5.69 Å². The Morgan fingerprint density at radius 2 is 1.79 bits per heavy atom. The molecule has 5 rings (SSSR count). The highest BCUT2D eigenvalue weighted by Gasteiger charge is 2.16. The molecule has 1 aliphatic heterocycles. The van der Waals surface area contributed by atoms with Crippen LogP contribution in [0.1, 0.15) is 10.6 Å². The van der Waals surface area contributed by atoms with Crippen molar-refractivity contribution in [1.29, 1.82) is 0 Å². The number of rotatable bonds is 4. The van der Waals surface area contributed by atoms with Crippen molar-refractivity contribution in [3.05, 3.63) is 53.0 Å². The molecule has 8 heteroatoms. The summed E-state index contributed by atoms with van der Waals surface area (Å²) in [5.41, 5.74) is 3.27. The maximum atomic E-state index is 5.68. The summed E-state index contributed by atoms with van der Waals surface area (Å²) in [7, 11) is 4.05. The summed E-state index contributed by atoms with van der Waals surface area (Å²) in [6.07, 6.45) is 0.712. The molecule has 0 saturated carbocycles. The lowest BCUT2D eigenvalue weighted by Gasteiger charge is -2.18. The van der Waals surface area contributed by atoms with Crippen molar-refractivity contribution in [1.82, 2.24) is 19.8 Å². The van der Waals surface area contributed by atoms with Gasteiger partial charge in [0.2, 0.25) is 4.96 Å². The molecule has 0 bridgehead atoms. The molecule has 142 valence electrons. The van der Waals surface area contributed by atoms with Gasteiger partial charge in [-0.1, -0.05) is 17.4 Å². The van der Waals surface area contributed by atoms with Crippen molar-refractivity contribution in [3.8, 4) is 22.9 Å². The third-order valence-corrected chi connectivity index (χ3v) is 5.54. The fourth-order valence-electron chi connectivity index (χ4n) is 3.19. The molecule has 0 N–H and O–H groups in total. The van der Waals surface area contributed by atoms with Crippen molar-refractivity contribution in [2.45, 2.75) is 6.42 Å². The molecule has 0 radical (unpaired) electrons. The van der Waals surface area contributed by atoms with E-state index < -0.39 is 0 Å². The Morgan fingerprint density at radius 1 is 1.00 bits per heavy atom. The topological polar surface area (TPSA) is 64.8 Å². The molecule has 0 atom stereocenters. The second-order valence-corrected chi connectivity index (χ2v) is 7.85. The van der Waals surface area contributed by atoms with E-state index >= 15 is 0 Å². The summed E-state index contributed by atoms with van der Waals surface area (Å²) in [5, 5.41) is 14.3. The average Bonchev–Trinajstić information content (AvgIpc) is 3.28. The molecule has 7 nitrogen and oxygen atoms in total. The molecular weight excluding hydrogens is 374 g/mol. The smallest absolute Gasteiger partial charge is 0.234 e. The van der Waals surface area contributed by atoms with E-state index in [2.05, 4.69) is 33.3 Å². The minimum absolute atomic E-state index is 0.586. The first-order valence-electron chi connectivity index (χ1n) is 9.05. The zero-order valence-electron chi connectivity index (χ0n) is 15.6. The fourth-order valence-corrected chi connectivity index (χ4v) is 4.06. The van der Waals surface area contributed by atoms with Gasteiger partial charge in [0.25, 0.3) is 0 Å². The SMILES string of the molecule is CN(C)c1ccc(-c2nnc3sc(Cc4ccc5c(c4)OCCO5)nn23)cc1. The van der Waals surface area contributed by atoms with Gasteiger partial charge >= 0.3 is 0 Å². The van der Waals surface area contributed by atoms with Crippen LogP contribution in [0.15, 0.2) is 42.5 Å². The summed E-state index contributed by atoms with van der Waals surface area (Å²) in [4.78, 5) is 2.86. The van der Waals surface area contributed by atoms with Crippen LogP contribution < -0.4 is 14.4 Å². The third-order valence-electron chi connectivity index (χ3n) is 4.64. The lowest BCUT2D eigenvalue weighted by Crippen LogP contribution is -2.15. The van der Waals surface area contributed by atoms with Gasteiger partial charge < -0.3 is 14.4 Å².